The number of benzene rings is 2. The molecule has 1 unspecified atom stereocenters. The number of hydrogen-bond donors (Lipinski definition) is 1. The minimum atomic E-state index is -1.18. The van der Waals surface area contributed by atoms with Crippen LogP contribution in [-0.2, 0) is 4.74 Å². The molecule has 4 nitrogen and oxygen atoms in total. The summed E-state index contributed by atoms with van der Waals surface area (Å²) in [6, 6.07) is 6.84. The number of nitrogen functional groups attached to an aromatic ring is 1. The van der Waals surface area contributed by atoms with Crippen LogP contribution in [-0.4, -0.2) is 17.9 Å². The SMILES string of the molecule is CC(OC(=O)c1ccc(Cl)c(N)c1)C(=O)c1ccc(F)c(F)c1. The van der Waals surface area contributed by atoms with Crippen molar-refractivity contribution in [2.45, 2.75) is 13.0 Å². The van der Waals surface area contributed by atoms with E-state index in [1.165, 1.54) is 25.1 Å². The van der Waals surface area contributed by atoms with Gasteiger partial charge in [0.1, 0.15) is 0 Å². The lowest BCUT2D eigenvalue weighted by Crippen LogP contribution is -2.24. The molecule has 0 amide bonds. The summed E-state index contributed by atoms with van der Waals surface area (Å²) in [5.41, 5.74) is 5.81. The molecule has 0 aliphatic rings. The summed E-state index contributed by atoms with van der Waals surface area (Å²) in [5, 5.41) is 0.285. The Hall–Kier alpha value is -2.47. The van der Waals surface area contributed by atoms with Crippen LogP contribution in [0.1, 0.15) is 27.6 Å². The minimum Gasteiger partial charge on any atom is -0.451 e. The van der Waals surface area contributed by atoms with E-state index in [0.29, 0.717) is 0 Å². The molecule has 2 aromatic rings. The van der Waals surface area contributed by atoms with Crippen LogP contribution in [0.5, 0.6) is 0 Å². The molecule has 0 heterocycles. The van der Waals surface area contributed by atoms with E-state index in [1.54, 1.807) is 0 Å². The second-order valence-electron chi connectivity index (χ2n) is 4.78. The van der Waals surface area contributed by atoms with Crippen molar-refractivity contribution >= 4 is 29.0 Å². The number of nitrogens with two attached hydrogens (primary N) is 1. The third kappa shape index (κ3) is 3.84. The van der Waals surface area contributed by atoms with Gasteiger partial charge in [-0.2, -0.15) is 0 Å². The number of hydrogen-bond acceptors (Lipinski definition) is 4. The van der Waals surface area contributed by atoms with E-state index in [4.69, 9.17) is 22.1 Å². The van der Waals surface area contributed by atoms with Crippen LogP contribution in [0, 0.1) is 11.6 Å². The lowest BCUT2D eigenvalue weighted by Gasteiger charge is -2.13. The molecule has 0 aromatic heterocycles. The van der Waals surface area contributed by atoms with Crippen molar-refractivity contribution in [1.82, 2.24) is 0 Å². The van der Waals surface area contributed by atoms with Gasteiger partial charge < -0.3 is 10.5 Å². The molecule has 0 radical (unpaired) electrons. The van der Waals surface area contributed by atoms with Gasteiger partial charge in [-0.15, -0.1) is 0 Å². The Balaban J connectivity index is 2.12. The molecule has 2 N–H and O–H groups in total. The number of carbonyl (C=O) groups excluding carboxylic acids is 2. The molecule has 23 heavy (non-hydrogen) atoms. The predicted molar refractivity (Wildman–Crippen MR) is 81.4 cm³/mol. The van der Waals surface area contributed by atoms with Crippen LogP contribution in [0.4, 0.5) is 14.5 Å². The van der Waals surface area contributed by atoms with Gasteiger partial charge >= 0.3 is 5.97 Å². The number of ketones is 1. The standard InChI is InChI=1S/C16H12ClF2NO3/c1-8(15(21)9-3-5-12(18)13(19)6-9)23-16(22)10-2-4-11(17)14(20)7-10/h2-8H,20H2,1H3. The Kier molecular flexibility index (Phi) is 4.95. The topological polar surface area (TPSA) is 69.4 Å². The van der Waals surface area contributed by atoms with E-state index in [9.17, 15) is 18.4 Å². The number of ether oxygens (including phenoxy) is 1. The van der Waals surface area contributed by atoms with Gasteiger partial charge in [-0.05, 0) is 43.3 Å². The van der Waals surface area contributed by atoms with Crippen molar-refractivity contribution in [3.05, 3.63) is 64.2 Å². The van der Waals surface area contributed by atoms with E-state index < -0.39 is 29.5 Å². The molecule has 0 saturated carbocycles. The molecule has 2 aromatic carbocycles. The van der Waals surface area contributed by atoms with Gasteiger partial charge in [-0.3, -0.25) is 4.79 Å². The monoisotopic (exact) mass is 339 g/mol. The molecule has 0 fully saturated rings. The van der Waals surface area contributed by atoms with Crippen LogP contribution >= 0.6 is 11.6 Å². The van der Waals surface area contributed by atoms with Gasteiger partial charge in [0.2, 0.25) is 5.78 Å². The fourth-order valence-electron chi connectivity index (χ4n) is 1.84. The second kappa shape index (κ2) is 6.75. The third-order valence-corrected chi connectivity index (χ3v) is 3.43. The molecule has 2 rings (SSSR count). The van der Waals surface area contributed by atoms with Crippen molar-refractivity contribution in [1.29, 1.82) is 0 Å². The fraction of sp³-hybridized carbons (Fsp3) is 0.125. The Morgan fingerprint density at radius 2 is 1.74 bits per heavy atom. The first-order valence-corrected chi connectivity index (χ1v) is 6.92. The van der Waals surface area contributed by atoms with E-state index in [2.05, 4.69) is 0 Å². The zero-order valence-corrected chi connectivity index (χ0v) is 12.7. The molecule has 120 valence electrons. The normalized spacial score (nSPS) is 11.8. The molecule has 0 aliphatic heterocycles. The summed E-state index contributed by atoms with van der Waals surface area (Å²) in [7, 11) is 0. The van der Waals surface area contributed by atoms with Crippen LogP contribution in [0.3, 0.4) is 0 Å². The van der Waals surface area contributed by atoms with Gasteiger partial charge in [-0.25, -0.2) is 13.6 Å². The van der Waals surface area contributed by atoms with Crippen molar-refractivity contribution in [2.75, 3.05) is 5.73 Å². The molecule has 1 atom stereocenters. The molecular formula is C16H12ClF2NO3. The number of halogens is 3. The van der Waals surface area contributed by atoms with Crippen LogP contribution in [0.15, 0.2) is 36.4 Å². The summed E-state index contributed by atoms with van der Waals surface area (Å²) in [6.45, 7) is 1.33. The van der Waals surface area contributed by atoms with Gasteiger partial charge in [0.15, 0.2) is 17.7 Å². The molecule has 7 heteroatoms. The minimum absolute atomic E-state index is 0.0974. The first-order valence-electron chi connectivity index (χ1n) is 6.55. The van der Waals surface area contributed by atoms with Gasteiger partial charge in [-0.1, -0.05) is 11.6 Å². The second-order valence-corrected chi connectivity index (χ2v) is 5.18. The average molecular weight is 340 g/mol. The highest BCUT2D eigenvalue weighted by Crippen LogP contribution is 2.20. The highest BCUT2D eigenvalue weighted by atomic mass is 35.5. The predicted octanol–water partition coefficient (Wildman–Crippen LogP) is 3.63. The average Bonchev–Trinajstić information content (AvgIpc) is 2.51. The first kappa shape index (κ1) is 16.9. The largest absolute Gasteiger partial charge is 0.451 e. The Morgan fingerprint density at radius 1 is 1.09 bits per heavy atom. The highest BCUT2D eigenvalue weighted by Gasteiger charge is 2.21. The van der Waals surface area contributed by atoms with Crippen LogP contribution in [0.25, 0.3) is 0 Å². The molecule has 0 spiro atoms. The van der Waals surface area contributed by atoms with E-state index in [1.807, 2.05) is 0 Å². The van der Waals surface area contributed by atoms with Gasteiger partial charge in [0.05, 0.1) is 16.3 Å². The smallest absolute Gasteiger partial charge is 0.338 e. The maximum Gasteiger partial charge on any atom is 0.338 e. The number of rotatable bonds is 4. The summed E-state index contributed by atoms with van der Waals surface area (Å²) in [4.78, 5) is 24.1. The maximum atomic E-state index is 13.2. The summed E-state index contributed by atoms with van der Waals surface area (Å²) in [6.07, 6.45) is -1.18. The number of Topliss-reactive ketones (excluding diaryl/α,β-unsaturated/α-hetero) is 1. The lowest BCUT2D eigenvalue weighted by molar-refractivity contribution is 0.0318. The first-order chi connectivity index (χ1) is 10.8. The summed E-state index contributed by atoms with van der Waals surface area (Å²) < 4.78 is 31.0. The summed E-state index contributed by atoms with van der Waals surface area (Å²) >= 11 is 5.75. The Bertz CT molecular complexity index is 780. The van der Waals surface area contributed by atoms with Crippen molar-refractivity contribution in [3.8, 4) is 0 Å². The molecule has 0 bridgehead atoms. The van der Waals surface area contributed by atoms with E-state index in [-0.39, 0.29) is 21.8 Å². The number of anilines is 1. The van der Waals surface area contributed by atoms with Gasteiger partial charge in [0.25, 0.3) is 0 Å². The zero-order chi connectivity index (χ0) is 17.1. The number of carbonyl (C=O) groups is 2. The van der Waals surface area contributed by atoms with E-state index in [0.717, 1.165) is 18.2 Å². The third-order valence-electron chi connectivity index (χ3n) is 3.09. The van der Waals surface area contributed by atoms with Crippen molar-refractivity contribution in [3.63, 3.8) is 0 Å². The van der Waals surface area contributed by atoms with Crippen LogP contribution < -0.4 is 5.73 Å². The molecule has 0 aliphatic carbocycles. The van der Waals surface area contributed by atoms with Crippen molar-refractivity contribution < 1.29 is 23.1 Å². The van der Waals surface area contributed by atoms with E-state index >= 15 is 0 Å². The number of esters is 1. The quantitative estimate of drug-likeness (QED) is 0.524. The Labute approximate surface area is 135 Å². The zero-order valence-electron chi connectivity index (χ0n) is 12.0. The molecule has 0 saturated heterocycles. The molecular weight excluding hydrogens is 328 g/mol. The fourth-order valence-corrected chi connectivity index (χ4v) is 1.95. The van der Waals surface area contributed by atoms with Gasteiger partial charge in [0, 0.05) is 5.56 Å². The summed E-state index contributed by atoms with van der Waals surface area (Å²) in [5.74, 6) is -3.65. The van der Waals surface area contributed by atoms with Crippen molar-refractivity contribution in [2.24, 2.45) is 0 Å². The van der Waals surface area contributed by atoms with Crippen LogP contribution in [0.2, 0.25) is 5.02 Å². The lowest BCUT2D eigenvalue weighted by atomic mass is 10.1. The Morgan fingerprint density at radius 3 is 2.35 bits per heavy atom. The highest BCUT2D eigenvalue weighted by molar-refractivity contribution is 6.33. The maximum absolute atomic E-state index is 13.2.